The summed E-state index contributed by atoms with van der Waals surface area (Å²) >= 11 is 5.94. The molecule has 6 heteroatoms. The SMILES string of the molecule is O=S(=O)(NCc1ccccc1Cl)c1ccc(F)cc1. The van der Waals surface area contributed by atoms with Gasteiger partial charge < -0.3 is 0 Å². The van der Waals surface area contributed by atoms with Crippen molar-refractivity contribution in [1.29, 1.82) is 0 Å². The third-order valence-corrected chi connectivity index (χ3v) is 4.32. The molecule has 0 aliphatic heterocycles. The van der Waals surface area contributed by atoms with Crippen molar-refractivity contribution in [3.05, 3.63) is 64.9 Å². The molecule has 0 aromatic heterocycles. The molecule has 2 aromatic rings. The monoisotopic (exact) mass is 299 g/mol. The minimum Gasteiger partial charge on any atom is -0.207 e. The number of hydrogen-bond acceptors (Lipinski definition) is 2. The fraction of sp³-hybridized carbons (Fsp3) is 0.0769. The van der Waals surface area contributed by atoms with Crippen molar-refractivity contribution in [1.82, 2.24) is 4.72 Å². The van der Waals surface area contributed by atoms with Crippen molar-refractivity contribution in [2.45, 2.75) is 11.4 Å². The third-order valence-electron chi connectivity index (χ3n) is 2.53. The average molecular weight is 300 g/mol. The maximum absolute atomic E-state index is 12.7. The van der Waals surface area contributed by atoms with Gasteiger partial charge in [0.05, 0.1) is 4.90 Å². The molecular formula is C13H11ClFNO2S. The second kappa shape index (κ2) is 5.69. The van der Waals surface area contributed by atoms with Crippen LogP contribution in [0.25, 0.3) is 0 Å². The molecule has 0 fully saturated rings. The standard InChI is InChI=1S/C13H11ClFNO2S/c14-13-4-2-1-3-10(13)9-16-19(17,18)12-7-5-11(15)6-8-12/h1-8,16H,9H2. The molecule has 0 bridgehead atoms. The summed E-state index contributed by atoms with van der Waals surface area (Å²) < 4.78 is 39.1. The zero-order valence-corrected chi connectivity index (χ0v) is 11.4. The van der Waals surface area contributed by atoms with Gasteiger partial charge in [-0.1, -0.05) is 29.8 Å². The first kappa shape index (κ1) is 14.0. The molecule has 0 unspecified atom stereocenters. The van der Waals surface area contributed by atoms with Crippen molar-refractivity contribution < 1.29 is 12.8 Å². The van der Waals surface area contributed by atoms with Gasteiger partial charge in [-0.25, -0.2) is 17.5 Å². The van der Waals surface area contributed by atoms with Crippen LogP contribution in [-0.2, 0) is 16.6 Å². The van der Waals surface area contributed by atoms with Gasteiger partial charge in [0.2, 0.25) is 10.0 Å². The first-order valence-corrected chi connectivity index (χ1v) is 7.34. The Bertz CT molecular complexity index is 671. The van der Waals surface area contributed by atoms with Gasteiger partial charge in [-0.2, -0.15) is 0 Å². The Labute approximate surface area is 116 Å². The van der Waals surface area contributed by atoms with Gasteiger partial charge in [0, 0.05) is 11.6 Å². The molecule has 0 saturated heterocycles. The van der Waals surface area contributed by atoms with Crippen LogP contribution in [0.2, 0.25) is 5.02 Å². The molecule has 0 aliphatic rings. The van der Waals surface area contributed by atoms with Crippen LogP contribution >= 0.6 is 11.6 Å². The van der Waals surface area contributed by atoms with Crippen LogP contribution in [0, 0.1) is 5.82 Å². The normalized spacial score (nSPS) is 11.5. The molecule has 0 spiro atoms. The van der Waals surface area contributed by atoms with E-state index in [-0.39, 0.29) is 11.4 Å². The summed E-state index contributed by atoms with van der Waals surface area (Å²) in [5, 5.41) is 0.490. The van der Waals surface area contributed by atoms with E-state index in [2.05, 4.69) is 4.72 Å². The molecule has 0 amide bonds. The van der Waals surface area contributed by atoms with E-state index in [4.69, 9.17) is 11.6 Å². The van der Waals surface area contributed by atoms with E-state index in [9.17, 15) is 12.8 Å². The van der Waals surface area contributed by atoms with Gasteiger partial charge in [-0.3, -0.25) is 0 Å². The summed E-state index contributed by atoms with van der Waals surface area (Å²) in [6.07, 6.45) is 0. The summed E-state index contributed by atoms with van der Waals surface area (Å²) in [4.78, 5) is 0.0148. The molecular weight excluding hydrogens is 289 g/mol. The number of nitrogens with one attached hydrogen (secondary N) is 1. The molecule has 1 N–H and O–H groups in total. The van der Waals surface area contributed by atoms with E-state index in [1.54, 1.807) is 24.3 Å². The van der Waals surface area contributed by atoms with Crippen LogP contribution in [-0.4, -0.2) is 8.42 Å². The minimum absolute atomic E-state index is 0.0148. The van der Waals surface area contributed by atoms with Crippen molar-refractivity contribution in [3.63, 3.8) is 0 Å². The van der Waals surface area contributed by atoms with E-state index in [1.807, 2.05) is 0 Å². The lowest BCUT2D eigenvalue weighted by atomic mass is 10.2. The molecule has 0 radical (unpaired) electrons. The lowest BCUT2D eigenvalue weighted by Crippen LogP contribution is -2.23. The van der Waals surface area contributed by atoms with Crippen LogP contribution in [0.4, 0.5) is 4.39 Å². The van der Waals surface area contributed by atoms with E-state index >= 15 is 0 Å². The molecule has 2 rings (SSSR count). The largest absolute Gasteiger partial charge is 0.240 e. The molecule has 2 aromatic carbocycles. The van der Waals surface area contributed by atoms with E-state index in [0.29, 0.717) is 10.6 Å². The smallest absolute Gasteiger partial charge is 0.207 e. The number of sulfonamides is 1. The maximum Gasteiger partial charge on any atom is 0.240 e. The van der Waals surface area contributed by atoms with Gasteiger partial charge >= 0.3 is 0 Å². The lowest BCUT2D eigenvalue weighted by molar-refractivity contribution is 0.580. The fourth-order valence-electron chi connectivity index (χ4n) is 1.51. The second-order valence-corrected chi connectivity index (χ2v) is 6.04. The van der Waals surface area contributed by atoms with E-state index < -0.39 is 15.8 Å². The van der Waals surface area contributed by atoms with Crippen LogP contribution < -0.4 is 4.72 Å². The Morgan fingerprint density at radius 2 is 1.68 bits per heavy atom. The van der Waals surface area contributed by atoms with Crippen molar-refractivity contribution >= 4 is 21.6 Å². The first-order chi connectivity index (χ1) is 8.99. The Morgan fingerprint density at radius 1 is 1.05 bits per heavy atom. The van der Waals surface area contributed by atoms with Gasteiger partial charge in [0.25, 0.3) is 0 Å². The van der Waals surface area contributed by atoms with Gasteiger partial charge in [-0.05, 0) is 35.9 Å². The zero-order valence-electron chi connectivity index (χ0n) is 9.81. The van der Waals surface area contributed by atoms with Crippen LogP contribution in [0.1, 0.15) is 5.56 Å². The second-order valence-electron chi connectivity index (χ2n) is 3.87. The number of hydrogen-bond donors (Lipinski definition) is 1. The average Bonchev–Trinajstić information content (AvgIpc) is 2.38. The Morgan fingerprint density at radius 3 is 2.32 bits per heavy atom. The maximum atomic E-state index is 12.7. The summed E-state index contributed by atoms with van der Waals surface area (Å²) in [6, 6.07) is 11.6. The molecule has 0 saturated carbocycles. The summed E-state index contributed by atoms with van der Waals surface area (Å²) in [5.41, 5.74) is 0.676. The molecule has 3 nitrogen and oxygen atoms in total. The van der Waals surface area contributed by atoms with Gasteiger partial charge in [0.1, 0.15) is 5.82 Å². The summed E-state index contributed by atoms with van der Waals surface area (Å²) in [5.74, 6) is -0.481. The van der Waals surface area contributed by atoms with Gasteiger partial charge in [-0.15, -0.1) is 0 Å². The van der Waals surface area contributed by atoms with Crippen LogP contribution in [0.3, 0.4) is 0 Å². The third kappa shape index (κ3) is 3.53. The molecule has 100 valence electrons. The highest BCUT2D eigenvalue weighted by molar-refractivity contribution is 7.89. The molecule has 19 heavy (non-hydrogen) atoms. The van der Waals surface area contributed by atoms with Gasteiger partial charge in [0.15, 0.2) is 0 Å². The fourth-order valence-corrected chi connectivity index (χ4v) is 2.72. The van der Waals surface area contributed by atoms with E-state index in [1.165, 1.54) is 12.1 Å². The highest BCUT2D eigenvalue weighted by Crippen LogP contribution is 2.16. The van der Waals surface area contributed by atoms with Crippen LogP contribution in [0.15, 0.2) is 53.4 Å². The number of halogens is 2. The summed E-state index contributed by atoms with van der Waals surface area (Å²) in [7, 11) is -3.67. The molecule has 0 aliphatic carbocycles. The van der Waals surface area contributed by atoms with Crippen molar-refractivity contribution in [3.8, 4) is 0 Å². The first-order valence-electron chi connectivity index (χ1n) is 5.48. The summed E-state index contributed by atoms with van der Waals surface area (Å²) in [6.45, 7) is 0.0827. The predicted molar refractivity (Wildman–Crippen MR) is 71.9 cm³/mol. The van der Waals surface area contributed by atoms with Crippen molar-refractivity contribution in [2.24, 2.45) is 0 Å². The zero-order chi connectivity index (χ0) is 13.9. The minimum atomic E-state index is -3.67. The quantitative estimate of drug-likeness (QED) is 0.943. The number of rotatable bonds is 4. The predicted octanol–water partition coefficient (Wildman–Crippen LogP) is 2.96. The molecule has 0 atom stereocenters. The highest BCUT2D eigenvalue weighted by atomic mass is 35.5. The van der Waals surface area contributed by atoms with Crippen LogP contribution in [0.5, 0.6) is 0 Å². The topological polar surface area (TPSA) is 46.2 Å². The Hall–Kier alpha value is -1.43. The molecule has 0 heterocycles. The van der Waals surface area contributed by atoms with E-state index in [0.717, 1.165) is 12.1 Å². The van der Waals surface area contributed by atoms with Crippen molar-refractivity contribution in [2.75, 3.05) is 0 Å². The Kier molecular flexibility index (Phi) is 4.19. The Balaban J connectivity index is 2.14. The highest BCUT2D eigenvalue weighted by Gasteiger charge is 2.14. The number of benzene rings is 2. The lowest BCUT2D eigenvalue weighted by Gasteiger charge is -2.08.